The van der Waals surface area contributed by atoms with E-state index in [0.29, 0.717) is 26.5 Å². The van der Waals surface area contributed by atoms with Crippen LogP contribution in [0, 0.1) is 5.92 Å². The van der Waals surface area contributed by atoms with Crippen molar-refractivity contribution in [1.29, 1.82) is 0 Å². The summed E-state index contributed by atoms with van der Waals surface area (Å²) in [6, 6.07) is 14.2. The Bertz CT molecular complexity index is 1590. The number of nitrogens with zero attached hydrogens (tertiary/aromatic N) is 3. The SMILES string of the molecule is O=C1N=C(Nc2cc(NC(=O)C3CCN(OC(=O)C(F)(F)F)CC3)ccc2Cl)SC1=Cc1ccc2ncccc2c1. The van der Waals surface area contributed by atoms with Gasteiger partial charge in [-0.25, -0.2) is 4.79 Å². The largest absolute Gasteiger partial charge is 0.492 e. The minimum atomic E-state index is -5.09. The molecule has 14 heteroatoms. The monoisotopic (exact) mass is 603 g/mol. The van der Waals surface area contributed by atoms with Gasteiger partial charge in [-0.1, -0.05) is 23.7 Å². The van der Waals surface area contributed by atoms with Crippen molar-refractivity contribution in [3.63, 3.8) is 0 Å². The molecular formula is C27H21ClF3N5O4S. The van der Waals surface area contributed by atoms with Crippen LogP contribution < -0.4 is 10.6 Å². The van der Waals surface area contributed by atoms with E-state index in [9.17, 15) is 27.6 Å². The molecule has 2 amide bonds. The molecule has 41 heavy (non-hydrogen) atoms. The van der Waals surface area contributed by atoms with Gasteiger partial charge in [-0.15, -0.1) is 5.06 Å². The number of hydroxylamine groups is 2. The van der Waals surface area contributed by atoms with Crippen LogP contribution >= 0.6 is 23.4 Å². The van der Waals surface area contributed by atoms with Gasteiger partial charge >= 0.3 is 12.1 Å². The van der Waals surface area contributed by atoms with Gasteiger partial charge in [-0.2, -0.15) is 18.2 Å². The second kappa shape index (κ2) is 11.9. The zero-order valence-electron chi connectivity index (χ0n) is 21.1. The minimum absolute atomic E-state index is 0.00957. The predicted octanol–water partition coefficient (Wildman–Crippen LogP) is 5.64. The van der Waals surface area contributed by atoms with Crippen molar-refractivity contribution in [3.8, 4) is 0 Å². The molecule has 2 aliphatic rings. The van der Waals surface area contributed by atoms with E-state index < -0.39 is 24.0 Å². The number of amides is 2. The smallest absolute Gasteiger partial charge is 0.361 e. The number of thioether (sulfide) groups is 1. The molecule has 0 aliphatic carbocycles. The minimum Gasteiger partial charge on any atom is -0.361 e. The molecule has 2 N–H and O–H groups in total. The van der Waals surface area contributed by atoms with Gasteiger partial charge in [0, 0.05) is 36.3 Å². The summed E-state index contributed by atoms with van der Waals surface area (Å²) in [7, 11) is 0. The Kier molecular flexibility index (Phi) is 8.29. The number of fused-ring (bicyclic) bond motifs is 1. The number of amidine groups is 1. The summed E-state index contributed by atoms with van der Waals surface area (Å²) in [5.41, 5.74) is 2.50. The number of rotatable bonds is 5. The van der Waals surface area contributed by atoms with Crippen molar-refractivity contribution in [3.05, 3.63) is 70.2 Å². The Hall–Kier alpha value is -3.94. The Morgan fingerprint density at radius 1 is 1.12 bits per heavy atom. The topological polar surface area (TPSA) is 113 Å². The van der Waals surface area contributed by atoms with Crippen LogP contribution in [0.3, 0.4) is 0 Å². The fourth-order valence-electron chi connectivity index (χ4n) is 4.23. The van der Waals surface area contributed by atoms with E-state index in [2.05, 4.69) is 25.4 Å². The van der Waals surface area contributed by atoms with E-state index >= 15 is 0 Å². The van der Waals surface area contributed by atoms with E-state index in [0.717, 1.165) is 33.3 Å². The quantitative estimate of drug-likeness (QED) is 0.360. The number of carbonyl (C=O) groups excluding carboxylic acids is 3. The molecule has 0 saturated carbocycles. The molecule has 0 unspecified atom stereocenters. The summed E-state index contributed by atoms with van der Waals surface area (Å²) in [5.74, 6) is -3.52. The molecule has 2 aliphatic heterocycles. The number of aromatic nitrogens is 1. The number of aliphatic imine (C=N–C) groups is 1. The Morgan fingerprint density at radius 3 is 2.66 bits per heavy atom. The Morgan fingerprint density at radius 2 is 1.90 bits per heavy atom. The highest BCUT2D eigenvalue weighted by Gasteiger charge is 2.43. The number of benzene rings is 2. The second-order valence-corrected chi connectivity index (χ2v) is 10.6. The van der Waals surface area contributed by atoms with Crippen LogP contribution in [0.25, 0.3) is 17.0 Å². The number of carbonyl (C=O) groups is 3. The first kappa shape index (κ1) is 28.6. The summed E-state index contributed by atoms with van der Waals surface area (Å²) >= 11 is 7.48. The maximum absolute atomic E-state index is 12.8. The van der Waals surface area contributed by atoms with Gasteiger partial charge in [0.25, 0.3) is 5.91 Å². The lowest BCUT2D eigenvalue weighted by Crippen LogP contribution is -2.41. The van der Waals surface area contributed by atoms with Gasteiger partial charge in [-0.05, 0) is 72.6 Å². The van der Waals surface area contributed by atoms with Crippen molar-refractivity contribution < 1.29 is 32.4 Å². The third kappa shape index (κ3) is 7.04. The van der Waals surface area contributed by atoms with Crippen LogP contribution in [-0.2, 0) is 19.2 Å². The maximum atomic E-state index is 12.8. The number of piperidine rings is 1. The number of halogens is 4. The van der Waals surface area contributed by atoms with Crippen LogP contribution in [-0.4, -0.2) is 52.3 Å². The molecule has 3 heterocycles. The van der Waals surface area contributed by atoms with Gasteiger partial charge in [0.1, 0.15) is 0 Å². The van der Waals surface area contributed by atoms with Gasteiger partial charge in [-0.3, -0.25) is 14.6 Å². The van der Waals surface area contributed by atoms with Gasteiger partial charge in [0.2, 0.25) is 5.91 Å². The van der Waals surface area contributed by atoms with Crippen LogP contribution in [0.15, 0.2) is 64.6 Å². The van der Waals surface area contributed by atoms with E-state index in [4.69, 9.17) is 11.6 Å². The lowest BCUT2D eigenvalue weighted by atomic mass is 9.97. The van der Waals surface area contributed by atoms with E-state index in [1.54, 1.807) is 30.5 Å². The fraction of sp³-hybridized carbons (Fsp3) is 0.222. The number of anilines is 2. The number of pyridine rings is 1. The van der Waals surface area contributed by atoms with E-state index in [-0.39, 0.29) is 31.8 Å². The molecule has 5 rings (SSSR count). The summed E-state index contributed by atoms with van der Waals surface area (Å²) in [4.78, 5) is 49.4. The first-order chi connectivity index (χ1) is 19.5. The van der Waals surface area contributed by atoms with Crippen molar-refractivity contribution >= 4 is 74.7 Å². The number of nitrogens with one attached hydrogen (secondary N) is 2. The molecule has 212 valence electrons. The summed E-state index contributed by atoms with van der Waals surface area (Å²) in [5, 5.41) is 8.30. The van der Waals surface area contributed by atoms with Gasteiger partial charge in [0.05, 0.1) is 21.1 Å². The average Bonchev–Trinajstić information content (AvgIpc) is 3.28. The molecule has 9 nitrogen and oxygen atoms in total. The van der Waals surface area contributed by atoms with Crippen LogP contribution in [0.4, 0.5) is 24.5 Å². The molecule has 1 aromatic heterocycles. The molecule has 0 spiro atoms. The van der Waals surface area contributed by atoms with Gasteiger partial charge in [0.15, 0.2) is 5.17 Å². The second-order valence-electron chi connectivity index (χ2n) is 9.18. The first-order valence-corrected chi connectivity index (χ1v) is 13.5. The maximum Gasteiger partial charge on any atom is 0.492 e. The highest BCUT2D eigenvalue weighted by molar-refractivity contribution is 8.18. The summed E-state index contributed by atoms with van der Waals surface area (Å²) in [6.07, 6.45) is -1.23. The summed E-state index contributed by atoms with van der Waals surface area (Å²) in [6.45, 7) is -0.0191. The van der Waals surface area contributed by atoms with Crippen LogP contribution in [0.2, 0.25) is 5.02 Å². The van der Waals surface area contributed by atoms with Gasteiger partial charge < -0.3 is 15.5 Å². The standard InChI is InChI=1S/C27H21ClF3N5O4S/c28-19-5-4-18(33-23(37)16-7-10-36(11-8-16)40-25(39)27(29,30)31)14-21(19)34-26-35-24(38)22(41-26)13-15-3-6-20-17(12-15)2-1-9-32-20/h1-6,9,12-14,16H,7-8,10-11H2,(H,33,37)(H,34,35,38). The average molecular weight is 604 g/mol. The highest BCUT2D eigenvalue weighted by atomic mass is 35.5. The zero-order chi connectivity index (χ0) is 29.1. The summed E-state index contributed by atoms with van der Waals surface area (Å²) < 4.78 is 37.2. The molecule has 1 saturated heterocycles. The molecule has 2 aromatic carbocycles. The highest BCUT2D eigenvalue weighted by Crippen LogP contribution is 2.33. The molecule has 0 bridgehead atoms. The van der Waals surface area contributed by atoms with E-state index in [1.165, 1.54) is 0 Å². The van der Waals surface area contributed by atoms with E-state index in [1.807, 2.05) is 30.3 Å². The fourth-order valence-corrected chi connectivity index (χ4v) is 5.23. The first-order valence-electron chi connectivity index (χ1n) is 12.3. The number of alkyl halides is 3. The number of hydrogen-bond acceptors (Lipinski definition) is 8. The third-order valence-corrected chi connectivity index (χ3v) is 7.52. The predicted molar refractivity (Wildman–Crippen MR) is 150 cm³/mol. The lowest BCUT2D eigenvalue weighted by molar-refractivity contribution is -0.242. The molecule has 1 fully saturated rings. The third-order valence-electron chi connectivity index (χ3n) is 6.29. The zero-order valence-corrected chi connectivity index (χ0v) is 22.6. The molecular weight excluding hydrogens is 583 g/mol. The lowest BCUT2D eigenvalue weighted by Gasteiger charge is -2.29. The normalized spacial score (nSPS) is 17.5. The van der Waals surface area contributed by atoms with Crippen LogP contribution in [0.1, 0.15) is 18.4 Å². The van der Waals surface area contributed by atoms with Crippen LogP contribution in [0.5, 0.6) is 0 Å². The van der Waals surface area contributed by atoms with Crippen molar-refractivity contribution in [2.45, 2.75) is 19.0 Å². The molecule has 0 radical (unpaired) electrons. The number of hydrogen-bond donors (Lipinski definition) is 2. The molecule has 0 atom stereocenters. The molecule has 3 aromatic rings. The van der Waals surface area contributed by atoms with Crippen molar-refractivity contribution in [2.75, 3.05) is 23.7 Å². The Balaban J connectivity index is 1.18. The Labute approximate surface area is 240 Å². The van der Waals surface area contributed by atoms with Crippen molar-refractivity contribution in [1.82, 2.24) is 10.0 Å². The van der Waals surface area contributed by atoms with Crippen molar-refractivity contribution in [2.24, 2.45) is 10.9 Å².